The summed E-state index contributed by atoms with van der Waals surface area (Å²) in [5.74, 6) is 2.13. The standard InChI is InChI=1S/C21H17N3OS/c1-2-6-19-18(5-1)24-21(26-19)23-15-9-11-16(12-10-15)25-20-17(14-7-8-14)4-3-13-22-20/h1-6,9-14H,7-8H2,(H,23,24). The van der Waals surface area contributed by atoms with Crippen molar-refractivity contribution in [3.63, 3.8) is 0 Å². The van der Waals surface area contributed by atoms with Gasteiger partial charge in [0.25, 0.3) is 0 Å². The summed E-state index contributed by atoms with van der Waals surface area (Å²) in [6.07, 6.45) is 4.24. The highest BCUT2D eigenvalue weighted by Gasteiger charge is 2.27. The normalized spacial score (nSPS) is 13.7. The SMILES string of the molecule is c1cnc(Oc2ccc(Nc3nc4ccccc4s3)cc2)c(C2CC2)c1. The summed E-state index contributed by atoms with van der Waals surface area (Å²) < 4.78 is 7.19. The summed E-state index contributed by atoms with van der Waals surface area (Å²) in [6, 6.07) is 20.2. The van der Waals surface area contributed by atoms with E-state index in [0.29, 0.717) is 5.92 Å². The Balaban J connectivity index is 1.33. The van der Waals surface area contributed by atoms with E-state index < -0.39 is 0 Å². The molecule has 0 radical (unpaired) electrons. The number of benzene rings is 2. The number of pyridine rings is 1. The number of nitrogens with one attached hydrogen (secondary N) is 1. The Hall–Kier alpha value is -2.92. The Morgan fingerprint density at radius 3 is 2.62 bits per heavy atom. The van der Waals surface area contributed by atoms with Crippen LogP contribution in [0.25, 0.3) is 10.2 Å². The molecule has 1 saturated carbocycles. The van der Waals surface area contributed by atoms with Crippen molar-refractivity contribution in [1.29, 1.82) is 0 Å². The molecule has 1 fully saturated rings. The van der Waals surface area contributed by atoms with Crippen molar-refractivity contribution in [3.05, 3.63) is 72.4 Å². The lowest BCUT2D eigenvalue weighted by Crippen LogP contribution is -1.94. The highest BCUT2D eigenvalue weighted by atomic mass is 32.1. The minimum atomic E-state index is 0.610. The van der Waals surface area contributed by atoms with E-state index in [0.717, 1.165) is 28.0 Å². The number of hydrogen-bond donors (Lipinski definition) is 1. The molecular weight excluding hydrogens is 342 g/mol. The van der Waals surface area contributed by atoms with Gasteiger partial charge in [0.2, 0.25) is 5.88 Å². The Morgan fingerprint density at radius 1 is 0.962 bits per heavy atom. The van der Waals surface area contributed by atoms with Crippen LogP contribution in [-0.4, -0.2) is 9.97 Å². The molecule has 5 heteroatoms. The van der Waals surface area contributed by atoms with E-state index in [-0.39, 0.29) is 0 Å². The van der Waals surface area contributed by atoms with Crippen molar-refractivity contribution < 1.29 is 4.74 Å². The van der Waals surface area contributed by atoms with Crippen LogP contribution in [0.4, 0.5) is 10.8 Å². The fourth-order valence-electron chi connectivity index (χ4n) is 2.96. The van der Waals surface area contributed by atoms with Crippen LogP contribution >= 0.6 is 11.3 Å². The quantitative estimate of drug-likeness (QED) is 0.467. The first-order valence-corrected chi connectivity index (χ1v) is 9.52. The molecule has 5 rings (SSSR count). The van der Waals surface area contributed by atoms with Gasteiger partial charge in [-0.2, -0.15) is 0 Å². The van der Waals surface area contributed by atoms with Gasteiger partial charge >= 0.3 is 0 Å². The monoisotopic (exact) mass is 359 g/mol. The second-order valence-corrected chi connectivity index (χ2v) is 7.44. The second kappa shape index (κ2) is 6.42. The summed E-state index contributed by atoms with van der Waals surface area (Å²) >= 11 is 1.65. The van der Waals surface area contributed by atoms with Gasteiger partial charge in [-0.05, 0) is 61.2 Å². The number of thiazole rings is 1. The molecule has 0 amide bonds. The lowest BCUT2D eigenvalue weighted by molar-refractivity contribution is 0.456. The molecule has 0 spiro atoms. The zero-order valence-electron chi connectivity index (χ0n) is 14.1. The third-order valence-corrected chi connectivity index (χ3v) is 5.38. The van der Waals surface area contributed by atoms with Gasteiger partial charge in [0.05, 0.1) is 10.2 Å². The molecule has 26 heavy (non-hydrogen) atoms. The van der Waals surface area contributed by atoms with Gasteiger partial charge in [0.1, 0.15) is 5.75 Å². The minimum absolute atomic E-state index is 0.610. The molecule has 1 aliphatic rings. The molecule has 2 heterocycles. The summed E-state index contributed by atoms with van der Waals surface area (Å²) in [4.78, 5) is 9.01. The molecule has 0 aliphatic heterocycles. The lowest BCUT2D eigenvalue weighted by Gasteiger charge is -2.10. The highest BCUT2D eigenvalue weighted by Crippen LogP contribution is 2.44. The Bertz CT molecular complexity index is 1020. The maximum atomic E-state index is 6.01. The first kappa shape index (κ1) is 15.3. The Morgan fingerprint density at radius 2 is 1.81 bits per heavy atom. The van der Waals surface area contributed by atoms with Crippen LogP contribution in [0, 0.1) is 0 Å². The van der Waals surface area contributed by atoms with Gasteiger partial charge in [0, 0.05) is 17.4 Å². The number of ether oxygens (including phenoxy) is 1. The number of para-hydroxylation sites is 1. The van der Waals surface area contributed by atoms with Gasteiger partial charge in [-0.15, -0.1) is 0 Å². The maximum Gasteiger partial charge on any atom is 0.222 e. The van der Waals surface area contributed by atoms with Crippen LogP contribution in [0.1, 0.15) is 24.3 Å². The Kier molecular flexibility index (Phi) is 3.79. The lowest BCUT2D eigenvalue weighted by atomic mass is 10.2. The van der Waals surface area contributed by atoms with E-state index >= 15 is 0 Å². The number of anilines is 2. The number of fused-ring (bicyclic) bond motifs is 1. The fourth-order valence-corrected chi connectivity index (χ4v) is 3.85. The molecule has 2 aromatic carbocycles. The predicted molar refractivity (Wildman–Crippen MR) is 106 cm³/mol. The zero-order valence-corrected chi connectivity index (χ0v) is 14.9. The number of rotatable bonds is 5. The molecule has 1 N–H and O–H groups in total. The average molecular weight is 359 g/mol. The molecule has 0 unspecified atom stereocenters. The van der Waals surface area contributed by atoms with Gasteiger partial charge in [0.15, 0.2) is 5.13 Å². The van der Waals surface area contributed by atoms with Crippen LogP contribution in [-0.2, 0) is 0 Å². The molecule has 0 saturated heterocycles. The molecule has 4 aromatic rings. The van der Waals surface area contributed by atoms with Gasteiger partial charge in [-0.1, -0.05) is 29.5 Å². The van der Waals surface area contributed by atoms with Crippen molar-refractivity contribution in [2.45, 2.75) is 18.8 Å². The molecule has 0 bridgehead atoms. The highest BCUT2D eigenvalue weighted by molar-refractivity contribution is 7.22. The molecule has 1 aliphatic carbocycles. The van der Waals surface area contributed by atoms with Gasteiger partial charge < -0.3 is 10.1 Å². The van der Waals surface area contributed by atoms with Gasteiger partial charge in [-0.3, -0.25) is 0 Å². The van der Waals surface area contributed by atoms with E-state index in [1.165, 1.54) is 23.1 Å². The minimum Gasteiger partial charge on any atom is -0.439 e. The van der Waals surface area contributed by atoms with Crippen LogP contribution in [0.2, 0.25) is 0 Å². The predicted octanol–water partition coefficient (Wildman–Crippen LogP) is 6.10. The van der Waals surface area contributed by atoms with Crippen LogP contribution < -0.4 is 10.1 Å². The third-order valence-electron chi connectivity index (χ3n) is 4.43. The molecule has 0 atom stereocenters. The topological polar surface area (TPSA) is 47.0 Å². The summed E-state index contributed by atoms with van der Waals surface area (Å²) in [5, 5.41) is 4.25. The molecule has 128 valence electrons. The van der Waals surface area contributed by atoms with E-state index in [2.05, 4.69) is 27.4 Å². The van der Waals surface area contributed by atoms with Gasteiger partial charge in [-0.25, -0.2) is 9.97 Å². The first-order chi connectivity index (χ1) is 12.8. The Labute approximate surface area is 155 Å². The van der Waals surface area contributed by atoms with Crippen molar-refractivity contribution in [1.82, 2.24) is 9.97 Å². The number of hydrogen-bond acceptors (Lipinski definition) is 5. The second-order valence-electron chi connectivity index (χ2n) is 6.41. The zero-order chi connectivity index (χ0) is 17.3. The van der Waals surface area contributed by atoms with E-state index in [1.54, 1.807) is 17.5 Å². The van der Waals surface area contributed by atoms with Crippen LogP contribution in [0.5, 0.6) is 11.6 Å². The van der Waals surface area contributed by atoms with Crippen LogP contribution in [0.3, 0.4) is 0 Å². The molecular formula is C21H17N3OS. The van der Waals surface area contributed by atoms with Crippen molar-refractivity contribution in [2.24, 2.45) is 0 Å². The van der Waals surface area contributed by atoms with E-state index in [4.69, 9.17) is 4.74 Å². The summed E-state index contributed by atoms with van der Waals surface area (Å²) in [6.45, 7) is 0. The van der Waals surface area contributed by atoms with Crippen molar-refractivity contribution in [2.75, 3.05) is 5.32 Å². The maximum absolute atomic E-state index is 6.01. The van der Waals surface area contributed by atoms with Crippen LogP contribution in [0.15, 0.2) is 66.9 Å². The van der Waals surface area contributed by atoms with Crippen molar-refractivity contribution in [3.8, 4) is 11.6 Å². The van der Waals surface area contributed by atoms with Crippen molar-refractivity contribution >= 4 is 32.4 Å². The molecule has 2 aromatic heterocycles. The summed E-state index contributed by atoms with van der Waals surface area (Å²) in [7, 11) is 0. The number of nitrogens with zero attached hydrogens (tertiary/aromatic N) is 2. The third kappa shape index (κ3) is 3.13. The number of aromatic nitrogens is 2. The average Bonchev–Trinajstić information content (AvgIpc) is 3.43. The fraction of sp³-hybridized carbons (Fsp3) is 0.143. The molecule has 4 nitrogen and oxygen atoms in total. The van der Waals surface area contributed by atoms with E-state index in [1.807, 2.05) is 48.5 Å². The first-order valence-electron chi connectivity index (χ1n) is 8.70. The van der Waals surface area contributed by atoms with E-state index in [9.17, 15) is 0 Å². The largest absolute Gasteiger partial charge is 0.439 e. The summed E-state index contributed by atoms with van der Waals surface area (Å²) in [5.41, 5.74) is 3.21. The smallest absolute Gasteiger partial charge is 0.222 e.